The number of carbonyl (C=O) groups is 4. The van der Waals surface area contributed by atoms with E-state index in [-0.39, 0.29) is 37.9 Å². The number of carboxylic acids is 1. The van der Waals surface area contributed by atoms with E-state index in [1.54, 1.807) is 6.92 Å². The van der Waals surface area contributed by atoms with Crippen LogP contribution in [0.2, 0.25) is 0 Å². The van der Waals surface area contributed by atoms with Gasteiger partial charge in [-0.05, 0) is 35.6 Å². The van der Waals surface area contributed by atoms with Crippen molar-refractivity contribution in [2.24, 2.45) is 0 Å². The third kappa shape index (κ3) is 6.34. The number of carbonyl (C=O) groups excluding carboxylic acids is 3. The fourth-order valence-corrected chi connectivity index (χ4v) is 4.03. The highest BCUT2D eigenvalue weighted by Crippen LogP contribution is 2.44. The fourth-order valence-electron chi connectivity index (χ4n) is 4.03. The molecule has 0 fully saturated rings. The minimum absolute atomic E-state index is 0.0276. The Labute approximate surface area is 198 Å². The molecule has 1 aliphatic rings. The number of amides is 3. The number of benzene rings is 2. The Morgan fingerprint density at radius 2 is 1.56 bits per heavy atom. The molecule has 2 aromatic rings. The molecule has 0 unspecified atom stereocenters. The van der Waals surface area contributed by atoms with Crippen molar-refractivity contribution >= 4 is 23.9 Å². The van der Waals surface area contributed by atoms with Crippen LogP contribution in [-0.2, 0) is 19.1 Å². The zero-order valence-electron chi connectivity index (χ0n) is 19.1. The van der Waals surface area contributed by atoms with Gasteiger partial charge < -0.3 is 25.4 Å². The molecule has 0 saturated carbocycles. The van der Waals surface area contributed by atoms with E-state index in [0.29, 0.717) is 19.5 Å². The van der Waals surface area contributed by atoms with E-state index in [0.717, 1.165) is 22.3 Å². The lowest BCUT2D eigenvalue weighted by Crippen LogP contribution is -2.44. The van der Waals surface area contributed by atoms with Gasteiger partial charge in [0.1, 0.15) is 13.2 Å². The Hall–Kier alpha value is -3.88. The van der Waals surface area contributed by atoms with Crippen LogP contribution in [0.4, 0.5) is 4.79 Å². The number of fused-ring (bicyclic) bond motifs is 3. The number of carboxylic acid groups (broad SMARTS) is 1. The number of rotatable bonds is 11. The standard InChI is InChI=1S/C25H29N3O6/c1-2-28(13-7-12-24(31)32)23(30)15-26-22(29)14-27-25(33)34-16-21-19-10-5-3-8-17(19)18-9-4-6-11-20(18)21/h3-6,8-11,21H,2,7,12-16H2,1H3,(H,26,29)(H,27,33)(H,31,32). The molecular formula is C25H29N3O6. The molecule has 0 radical (unpaired) electrons. The number of nitrogens with one attached hydrogen (secondary N) is 2. The van der Waals surface area contributed by atoms with Gasteiger partial charge in [0.2, 0.25) is 11.8 Å². The predicted molar refractivity (Wildman–Crippen MR) is 125 cm³/mol. The molecule has 0 bridgehead atoms. The Kier molecular flexibility index (Phi) is 8.61. The van der Waals surface area contributed by atoms with Crippen LogP contribution in [0.1, 0.15) is 36.8 Å². The second kappa shape index (κ2) is 11.8. The van der Waals surface area contributed by atoms with Crippen LogP contribution in [0.3, 0.4) is 0 Å². The average molecular weight is 468 g/mol. The minimum atomic E-state index is -0.920. The van der Waals surface area contributed by atoms with Gasteiger partial charge in [0.25, 0.3) is 0 Å². The van der Waals surface area contributed by atoms with E-state index in [1.165, 1.54) is 4.90 Å². The summed E-state index contributed by atoms with van der Waals surface area (Å²) >= 11 is 0. The second-order valence-corrected chi connectivity index (χ2v) is 7.93. The van der Waals surface area contributed by atoms with E-state index in [9.17, 15) is 19.2 Å². The first kappa shape index (κ1) is 24.8. The van der Waals surface area contributed by atoms with Crippen LogP contribution in [0.15, 0.2) is 48.5 Å². The predicted octanol–water partition coefficient (Wildman–Crippen LogP) is 2.35. The smallest absolute Gasteiger partial charge is 0.407 e. The Balaban J connectivity index is 1.41. The fraction of sp³-hybridized carbons (Fsp3) is 0.360. The molecule has 0 spiro atoms. The van der Waals surface area contributed by atoms with Crippen LogP contribution >= 0.6 is 0 Å². The van der Waals surface area contributed by atoms with E-state index < -0.39 is 18.0 Å². The van der Waals surface area contributed by atoms with Crippen LogP contribution in [0.5, 0.6) is 0 Å². The van der Waals surface area contributed by atoms with Gasteiger partial charge in [-0.15, -0.1) is 0 Å². The summed E-state index contributed by atoms with van der Waals surface area (Å²) in [7, 11) is 0. The lowest BCUT2D eigenvalue weighted by atomic mass is 9.98. The highest BCUT2D eigenvalue weighted by Gasteiger charge is 2.29. The van der Waals surface area contributed by atoms with Gasteiger partial charge in [-0.3, -0.25) is 14.4 Å². The molecule has 34 heavy (non-hydrogen) atoms. The average Bonchev–Trinajstić information content (AvgIpc) is 3.16. The van der Waals surface area contributed by atoms with Gasteiger partial charge >= 0.3 is 12.1 Å². The van der Waals surface area contributed by atoms with Crippen molar-refractivity contribution in [2.45, 2.75) is 25.7 Å². The van der Waals surface area contributed by atoms with Gasteiger partial charge in [-0.2, -0.15) is 0 Å². The molecular weight excluding hydrogens is 438 g/mol. The summed E-state index contributed by atoms with van der Waals surface area (Å²) in [5.74, 6) is -1.84. The SMILES string of the molecule is CCN(CCCC(=O)O)C(=O)CNC(=O)CNC(=O)OCC1c2ccccc2-c2ccccc21. The number of hydrogen-bond acceptors (Lipinski definition) is 5. The lowest BCUT2D eigenvalue weighted by molar-refractivity contribution is -0.138. The maximum atomic E-state index is 12.2. The minimum Gasteiger partial charge on any atom is -0.481 e. The maximum Gasteiger partial charge on any atom is 0.407 e. The Morgan fingerprint density at radius 1 is 0.941 bits per heavy atom. The quantitative estimate of drug-likeness (QED) is 0.466. The zero-order valence-corrected chi connectivity index (χ0v) is 19.1. The van der Waals surface area contributed by atoms with Crippen molar-refractivity contribution in [3.63, 3.8) is 0 Å². The summed E-state index contributed by atoms with van der Waals surface area (Å²) < 4.78 is 5.38. The first-order chi connectivity index (χ1) is 16.4. The van der Waals surface area contributed by atoms with Crippen LogP contribution in [0.25, 0.3) is 11.1 Å². The number of ether oxygens (including phenoxy) is 1. The van der Waals surface area contributed by atoms with E-state index in [4.69, 9.17) is 9.84 Å². The summed E-state index contributed by atoms with van der Waals surface area (Å²) in [5, 5.41) is 13.6. The van der Waals surface area contributed by atoms with Gasteiger partial charge in [0.05, 0.1) is 6.54 Å². The summed E-state index contributed by atoms with van der Waals surface area (Å²) in [6, 6.07) is 16.0. The third-order valence-electron chi connectivity index (χ3n) is 5.73. The second-order valence-electron chi connectivity index (χ2n) is 7.93. The monoisotopic (exact) mass is 467 g/mol. The summed E-state index contributed by atoms with van der Waals surface area (Å²) in [6.45, 7) is 2.07. The van der Waals surface area contributed by atoms with Crippen LogP contribution in [0, 0.1) is 0 Å². The number of likely N-dealkylation sites (N-methyl/N-ethyl adjacent to an activating group) is 1. The van der Waals surface area contributed by atoms with E-state index in [2.05, 4.69) is 10.6 Å². The number of aliphatic carboxylic acids is 1. The molecule has 0 atom stereocenters. The lowest BCUT2D eigenvalue weighted by Gasteiger charge is -2.20. The molecule has 1 aliphatic carbocycles. The van der Waals surface area contributed by atoms with Crippen molar-refractivity contribution in [1.29, 1.82) is 0 Å². The number of nitrogens with zero attached hydrogens (tertiary/aromatic N) is 1. The molecule has 0 saturated heterocycles. The largest absolute Gasteiger partial charge is 0.481 e. The molecule has 3 rings (SSSR count). The molecule has 2 aromatic carbocycles. The van der Waals surface area contributed by atoms with Gasteiger partial charge in [0, 0.05) is 25.4 Å². The normalized spacial score (nSPS) is 11.8. The first-order valence-electron chi connectivity index (χ1n) is 11.3. The van der Waals surface area contributed by atoms with Crippen molar-refractivity contribution in [2.75, 3.05) is 32.8 Å². The molecule has 3 amide bonds. The number of hydrogen-bond donors (Lipinski definition) is 3. The van der Waals surface area contributed by atoms with Crippen molar-refractivity contribution in [3.8, 4) is 11.1 Å². The summed E-state index contributed by atoms with van der Waals surface area (Å²) in [4.78, 5) is 48.5. The molecule has 3 N–H and O–H groups in total. The highest BCUT2D eigenvalue weighted by molar-refractivity contribution is 5.87. The molecule has 9 nitrogen and oxygen atoms in total. The van der Waals surface area contributed by atoms with Gasteiger partial charge in [-0.25, -0.2) is 4.79 Å². The van der Waals surface area contributed by atoms with Gasteiger partial charge in [-0.1, -0.05) is 48.5 Å². The first-order valence-corrected chi connectivity index (χ1v) is 11.3. The molecule has 0 aliphatic heterocycles. The van der Waals surface area contributed by atoms with E-state index >= 15 is 0 Å². The molecule has 9 heteroatoms. The third-order valence-corrected chi connectivity index (χ3v) is 5.73. The van der Waals surface area contributed by atoms with Crippen molar-refractivity contribution in [3.05, 3.63) is 59.7 Å². The maximum absolute atomic E-state index is 12.2. The van der Waals surface area contributed by atoms with Crippen LogP contribution < -0.4 is 10.6 Å². The van der Waals surface area contributed by atoms with Crippen LogP contribution in [-0.4, -0.2) is 66.7 Å². The van der Waals surface area contributed by atoms with Gasteiger partial charge in [0.15, 0.2) is 0 Å². The summed E-state index contributed by atoms with van der Waals surface area (Å²) in [5.41, 5.74) is 4.44. The van der Waals surface area contributed by atoms with E-state index in [1.807, 2.05) is 48.5 Å². The highest BCUT2D eigenvalue weighted by atomic mass is 16.5. The zero-order chi connectivity index (χ0) is 24.5. The summed E-state index contributed by atoms with van der Waals surface area (Å²) in [6.07, 6.45) is -0.404. The Bertz CT molecular complexity index is 1010. The number of alkyl carbamates (subject to hydrolysis) is 1. The molecule has 0 heterocycles. The van der Waals surface area contributed by atoms with Crippen molar-refractivity contribution < 1.29 is 29.0 Å². The molecule has 180 valence electrons. The topological polar surface area (TPSA) is 125 Å². The molecule has 0 aromatic heterocycles. The van der Waals surface area contributed by atoms with Crippen molar-refractivity contribution in [1.82, 2.24) is 15.5 Å². The Morgan fingerprint density at radius 3 is 2.15 bits per heavy atom.